The van der Waals surface area contributed by atoms with Gasteiger partial charge in [0, 0.05) is 24.3 Å². The van der Waals surface area contributed by atoms with Crippen LogP contribution in [-0.2, 0) is 13.1 Å². The number of carbonyl (C=O) groups is 1. The molecule has 164 valence electrons. The topological polar surface area (TPSA) is 108 Å². The molecule has 0 bridgehead atoms. The van der Waals surface area contributed by atoms with Crippen LogP contribution in [0.3, 0.4) is 0 Å². The van der Waals surface area contributed by atoms with Crippen LogP contribution >= 0.6 is 0 Å². The lowest BCUT2D eigenvalue weighted by Gasteiger charge is -2.14. The van der Waals surface area contributed by atoms with Crippen LogP contribution in [0.1, 0.15) is 45.6 Å². The molecule has 1 N–H and O–H groups in total. The van der Waals surface area contributed by atoms with Gasteiger partial charge in [-0.25, -0.2) is 0 Å². The molecule has 2 heterocycles. The molecule has 3 aromatic rings. The number of benzene rings is 1. The van der Waals surface area contributed by atoms with E-state index in [9.17, 15) is 14.9 Å². The van der Waals surface area contributed by atoms with Crippen molar-refractivity contribution in [2.45, 2.75) is 47.7 Å². The van der Waals surface area contributed by atoms with Crippen molar-refractivity contribution in [2.75, 3.05) is 6.54 Å². The van der Waals surface area contributed by atoms with E-state index in [2.05, 4.69) is 22.4 Å². The Morgan fingerprint density at radius 2 is 1.81 bits per heavy atom. The van der Waals surface area contributed by atoms with Crippen molar-refractivity contribution in [1.82, 2.24) is 24.9 Å². The molecular weight excluding hydrogens is 396 g/mol. The van der Waals surface area contributed by atoms with Crippen LogP contribution in [0.25, 0.3) is 0 Å². The van der Waals surface area contributed by atoms with Crippen LogP contribution in [0, 0.1) is 43.7 Å². The first-order valence-corrected chi connectivity index (χ1v) is 10.2. The average molecular weight is 425 g/mol. The zero-order chi connectivity index (χ0) is 22.7. The summed E-state index contributed by atoms with van der Waals surface area (Å²) in [6.07, 6.45) is 0. The summed E-state index contributed by atoms with van der Waals surface area (Å²) in [7, 11) is 0. The normalized spacial score (nSPS) is 12.0. The highest BCUT2D eigenvalue weighted by molar-refractivity contribution is 5.94. The van der Waals surface area contributed by atoms with Crippen LogP contribution in [0.5, 0.6) is 0 Å². The fourth-order valence-electron chi connectivity index (χ4n) is 3.63. The van der Waals surface area contributed by atoms with Gasteiger partial charge < -0.3 is 5.32 Å². The number of rotatable bonds is 8. The highest BCUT2D eigenvalue weighted by Gasteiger charge is 2.21. The minimum Gasteiger partial charge on any atom is -0.352 e. The van der Waals surface area contributed by atoms with Crippen molar-refractivity contribution in [2.24, 2.45) is 5.92 Å². The van der Waals surface area contributed by atoms with E-state index in [0.29, 0.717) is 30.0 Å². The van der Waals surface area contributed by atoms with Gasteiger partial charge in [0.15, 0.2) is 0 Å². The van der Waals surface area contributed by atoms with Crippen molar-refractivity contribution in [1.29, 1.82) is 0 Å². The standard InChI is InChI=1S/C22H28N6O3/c1-14(12-26-16(3)10-15(2)24-26)11-23-22(29)20-8-6-19(7-9-20)13-27-18(5)21(28(30)31)17(4)25-27/h6-10,14H,11-13H2,1-5H3,(H,23,29). The first-order valence-electron chi connectivity index (χ1n) is 10.2. The van der Waals surface area contributed by atoms with Crippen molar-refractivity contribution in [3.8, 4) is 0 Å². The summed E-state index contributed by atoms with van der Waals surface area (Å²) in [6.45, 7) is 11.1. The molecule has 0 saturated carbocycles. The van der Waals surface area contributed by atoms with Crippen molar-refractivity contribution in [3.63, 3.8) is 0 Å². The molecule has 9 heteroatoms. The Kier molecular flexibility index (Phi) is 6.53. The molecule has 0 saturated heterocycles. The van der Waals surface area contributed by atoms with Crippen LogP contribution < -0.4 is 5.32 Å². The molecule has 0 fully saturated rings. The first kappa shape index (κ1) is 22.2. The highest BCUT2D eigenvalue weighted by Crippen LogP contribution is 2.22. The Bertz CT molecular complexity index is 1100. The zero-order valence-corrected chi connectivity index (χ0v) is 18.5. The Labute approximate surface area is 181 Å². The van der Waals surface area contributed by atoms with Gasteiger partial charge in [-0.1, -0.05) is 19.1 Å². The minimum atomic E-state index is -0.405. The Morgan fingerprint density at radius 1 is 1.13 bits per heavy atom. The summed E-state index contributed by atoms with van der Waals surface area (Å²) in [4.78, 5) is 23.2. The predicted molar refractivity (Wildman–Crippen MR) is 117 cm³/mol. The monoisotopic (exact) mass is 424 g/mol. The third kappa shape index (κ3) is 5.17. The number of hydrogen-bond acceptors (Lipinski definition) is 5. The number of nitro groups is 1. The van der Waals surface area contributed by atoms with E-state index in [1.165, 1.54) is 0 Å². The van der Waals surface area contributed by atoms with Gasteiger partial charge in [0.25, 0.3) is 5.91 Å². The van der Waals surface area contributed by atoms with E-state index >= 15 is 0 Å². The van der Waals surface area contributed by atoms with Gasteiger partial charge in [-0.05, 0) is 57.4 Å². The molecule has 1 amide bonds. The molecule has 3 rings (SSSR count). The number of aryl methyl sites for hydroxylation is 3. The van der Waals surface area contributed by atoms with E-state index in [4.69, 9.17) is 0 Å². The van der Waals surface area contributed by atoms with Crippen LogP contribution in [0.4, 0.5) is 5.69 Å². The van der Waals surface area contributed by atoms with E-state index in [-0.39, 0.29) is 17.5 Å². The summed E-state index contributed by atoms with van der Waals surface area (Å²) < 4.78 is 3.58. The first-order chi connectivity index (χ1) is 14.7. The molecule has 0 aliphatic carbocycles. The van der Waals surface area contributed by atoms with Gasteiger partial charge in [-0.15, -0.1) is 0 Å². The molecule has 0 radical (unpaired) electrons. The Morgan fingerprint density at radius 3 is 2.35 bits per heavy atom. The molecule has 0 aliphatic heterocycles. The number of hydrogen-bond donors (Lipinski definition) is 1. The van der Waals surface area contributed by atoms with Crippen molar-refractivity contribution < 1.29 is 9.72 Å². The number of carbonyl (C=O) groups excluding carboxylic acids is 1. The smallest absolute Gasteiger partial charge is 0.312 e. The largest absolute Gasteiger partial charge is 0.352 e. The average Bonchev–Trinajstić information content (AvgIpc) is 3.17. The molecule has 1 atom stereocenters. The third-order valence-electron chi connectivity index (χ3n) is 5.27. The maximum absolute atomic E-state index is 12.5. The fourth-order valence-corrected chi connectivity index (χ4v) is 3.63. The van der Waals surface area contributed by atoms with Crippen molar-refractivity contribution >= 4 is 11.6 Å². The molecule has 0 aliphatic rings. The summed E-state index contributed by atoms with van der Waals surface area (Å²) >= 11 is 0. The lowest BCUT2D eigenvalue weighted by molar-refractivity contribution is -0.386. The highest BCUT2D eigenvalue weighted by atomic mass is 16.6. The second kappa shape index (κ2) is 9.11. The SMILES string of the molecule is Cc1cc(C)n(CC(C)CNC(=O)c2ccc(Cn3nc(C)c([N+](=O)[O-])c3C)cc2)n1. The molecule has 31 heavy (non-hydrogen) atoms. The van der Waals surface area contributed by atoms with Gasteiger partial charge in [0.1, 0.15) is 11.4 Å². The number of amides is 1. The van der Waals surface area contributed by atoms with E-state index in [1.54, 1.807) is 30.7 Å². The molecule has 9 nitrogen and oxygen atoms in total. The summed E-state index contributed by atoms with van der Waals surface area (Å²) in [5.74, 6) is 0.108. The van der Waals surface area contributed by atoms with E-state index < -0.39 is 4.92 Å². The molecule has 1 aromatic carbocycles. The summed E-state index contributed by atoms with van der Waals surface area (Å²) in [5, 5.41) is 22.9. The van der Waals surface area contributed by atoms with Gasteiger partial charge in [0.05, 0.1) is 17.2 Å². The quantitative estimate of drug-likeness (QED) is 0.441. The van der Waals surface area contributed by atoms with Gasteiger partial charge in [-0.2, -0.15) is 10.2 Å². The predicted octanol–water partition coefficient (Wildman–Crippen LogP) is 3.34. The molecule has 1 unspecified atom stereocenters. The van der Waals surface area contributed by atoms with Crippen LogP contribution in [-0.4, -0.2) is 36.9 Å². The van der Waals surface area contributed by atoms with Crippen LogP contribution in [0.2, 0.25) is 0 Å². The lowest BCUT2D eigenvalue weighted by Crippen LogP contribution is -2.30. The third-order valence-corrected chi connectivity index (χ3v) is 5.27. The molecular formula is C22H28N6O3. The van der Waals surface area contributed by atoms with Gasteiger partial charge >= 0.3 is 5.69 Å². The lowest BCUT2D eigenvalue weighted by atomic mass is 10.1. The summed E-state index contributed by atoms with van der Waals surface area (Å²) in [5.41, 5.74) is 4.54. The second-order valence-electron chi connectivity index (χ2n) is 8.06. The number of nitrogens with one attached hydrogen (secondary N) is 1. The fraction of sp³-hybridized carbons (Fsp3) is 0.409. The second-order valence-corrected chi connectivity index (χ2v) is 8.06. The summed E-state index contributed by atoms with van der Waals surface area (Å²) in [6, 6.07) is 9.25. The van der Waals surface area contributed by atoms with Gasteiger partial charge in [0.2, 0.25) is 0 Å². The van der Waals surface area contributed by atoms with Crippen molar-refractivity contribution in [3.05, 3.63) is 74.3 Å². The zero-order valence-electron chi connectivity index (χ0n) is 18.5. The Hall–Kier alpha value is -3.49. The van der Waals surface area contributed by atoms with E-state index in [1.807, 2.05) is 36.7 Å². The Balaban J connectivity index is 1.57. The van der Waals surface area contributed by atoms with E-state index in [0.717, 1.165) is 23.5 Å². The maximum Gasteiger partial charge on any atom is 0.312 e. The van der Waals surface area contributed by atoms with Crippen LogP contribution in [0.15, 0.2) is 30.3 Å². The molecule has 0 spiro atoms. The molecule has 2 aromatic heterocycles. The number of nitrogens with zero attached hydrogens (tertiary/aromatic N) is 5. The minimum absolute atomic E-state index is 0.0468. The number of aromatic nitrogens is 4. The maximum atomic E-state index is 12.5. The van der Waals surface area contributed by atoms with Gasteiger partial charge in [-0.3, -0.25) is 24.3 Å².